The van der Waals surface area contributed by atoms with Crippen molar-refractivity contribution in [2.45, 2.75) is 19.3 Å². The molecule has 1 aromatic heterocycles. The molecule has 0 radical (unpaired) electrons. The highest BCUT2D eigenvalue weighted by molar-refractivity contribution is 5.80. The number of hydrogen-bond donors (Lipinski definition) is 1. The summed E-state index contributed by atoms with van der Waals surface area (Å²) < 4.78 is 10.1. The molecule has 1 saturated heterocycles. The standard InChI is InChI=1S/C13H20N4O3/c1-19-10-8-11(20-2)16-13(15-10)14-9-12(18)17-6-4-3-5-7-17/h8H,3-7,9H2,1-2H3,(H,14,15,16). The smallest absolute Gasteiger partial charge is 0.241 e. The predicted octanol–water partition coefficient (Wildman–Crippen LogP) is 0.918. The van der Waals surface area contributed by atoms with Gasteiger partial charge in [-0.15, -0.1) is 0 Å². The first kappa shape index (κ1) is 14.4. The maximum atomic E-state index is 12.0. The Morgan fingerprint density at radius 3 is 2.35 bits per heavy atom. The van der Waals surface area contributed by atoms with Crippen LogP contribution in [0.4, 0.5) is 5.95 Å². The number of amides is 1. The van der Waals surface area contributed by atoms with Crippen LogP contribution in [0.5, 0.6) is 11.8 Å². The number of nitrogens with one attached hydrogen (secondary N) is 1. The number of ether oxygens (including phenoxy) is 2. The minimum Gasteiger partial charge on any atom is -0.481 e. The molecule has 0 bridgehead atoms. The van der Waals surface area contributed by atoms with Crippen molar-refractivity contribution in [3.05, 3.63) is 6.07 Å². The van der Waals surface area contributed by atoms with Gasteiger partial charge >= 0.3 is 0 Å². The minimum absolute atomic E-state index is 0.0649. The summed E-state index contributed by atoms with van der Waals surface area (Å²) in [7, 11) is 3.04. The number of aromatic nitrogens is 2. The van der Waals surface area contributed by atoms with Crippen LogP contribution in [0.3, 0.4) is 0 Å². The highest BCUT2D eigenvalue weighted by Gasteiger charge is 2.16. The van der Waals surface area contributed by atoms with Crippen molar-refractivity contribution in [3.63, 3.8) is 0 Å². The Bertz CT molecular complexity index is 439. The van der Waals surface area contributed by atoms with E-state index in [4.69, 9.17) is 9.47 Å². The topological polar surface area (TPSA) is 76.6 Å². The van der Waals surface area contributed by atoms with Gasteiger partial charge in [-0.1, -0.05) is 0 Å². The molecule has 1 amide bonds. The zero-order valence-electron chi connectivity index (χ0n) is 11.9. The van der Waals surface area contributed by atoms with Crippen LogP contribution in [0, 0.1) is 0 Å². The zero-order valence-corrected chi connectivity index (χ0v) is 11.9. The lowest BCUT2D eigenvalue weighted by atomic mass is 10.1. The number of piperidine rings is 1. The third-order valence-electron chi connectivity index (χ3n) is 3.20. The maximum Gasteiger partial charge on any atom is 0.241 e. The Balaban J connectivity index is 1.94. The molecular weight excluding hydrogens is 260 g/mol. The van der Waals surface area contributed by atoms with Crippen molar-refractivity contribution in [2.75, 3.05) is 39.2 Å². The molecule has 1 N–H and O–H groups in total. The first-order chi connectivity index (χ1) is 9.72. The van der Waals surface area contributed by atoms with Crippen molar-refractivity contribution >= 4 is 11.9 Å². The summed E-state index contributed by atoms with van der Waals surface area (Å²) in [5, 5.41) is 2.92. The van der Waals surface area contributed by atoms with E-state index in [0.29, 0.717) is 17.7 Å². The monoisotopic (exact) mass is 280 g/mol. The van der Waals surface area contributed by atoms with Gasteiger partial charge < -0.3 is 19.7 Å². The number of carbonyl (C=O) groups excluding carboxylic acids is 1. The molecule has 0 unspecified atom stereocenters. The lowest BCUT2D eigenvalue weighted by molar-refractivity contribution is -0.130. The maximum absolute atomic E-state index is 12.0. The number of carbonyl (C=O) groups is 1. The van der Waals surface area contributed by atoms with Gasteiger partial charge in [-0.05, 0) is 19.3 Å². The highest BCUT2D eigenvalue weighted by Crippen LogP contribution is 2.17. The second-order valence-electron chi connectivity index (χ2n) is 4.57. The van der Waals surface area contributed by atoms with E-state index in [1.807, 2.05) is 4.90 Å². The van der Waals surface area contributed by atoms with Gasteiger partial charge in [0.1, 0.15) is 0 Å². The first-order valence-electron chi connectivity index (χ1n) is 6.71. The number of rotatable bonds is 5. The van der Waals surface area contributed by atoms with E-state index in [1.165, 1.54) is 20.6 Å². The van der Waals surface area contributed by atoms with Gasteiger partial charge in [-0.2, -0.15) is 9.97 Å². The molecule has 1 aromatic rings. The van der Waals surface area contributed by atoms with E-state index < -0.39 is 0 Å². The predicted molar refractivity (Wildman–Crippen MR) is 74.1 cm³/mol. The first-order valence-corrected chi connectivity index (χ1v) is 6.71. The molecule has 20 heavy (non-hydrogen) atoms. The van der Waals surface area contributed by atoms with Crippen LogP contribution in [0.15, 0.2) is 6.07 Å². The van der Waals surface area contributed by atoms with Crippen LogP contribution in [0.1, 0.15) is 19.3 Å². The quantitative estimate of drug-likeness (QED) is 0.864. The Morgan fingerprint density at radius 2 is 1.80 bits per heavy atom. The average Bonchev–Trinajstić information content (AvgIpc) is 2.53. The second-order valence-corrected chi connectivity index (χ2v) is 4.57. The van der Waals surface area contributed by atoms with Gasteiger partial charge in [0, 0.05) is 13.1 Å². The van der Waals surface area contributed by atoms with E-state index in [0.717, 1.165) is 25.9 Å². The number of hydrogen-bond acceptors (Lipinski definition) is 6. The van der Waals surface area contributed by atoms with Gasteiger partial charge in [-0.3, -0.25) is 4.79 Å². The summed E-state index contributed by atoms with van der Waals surface area (Å²) in [4.78, 5) is 22.1. The number of likely N-dealkylation sites (tertiary alicyclic amines) is 1. The zero-order chi connectivity index (χ0) is 14.4. The normalized spacial score (nSPS) is 14.8. The Kier molecular flexibility index (Phi) is 4.97. The van der Waals surface area contributed by atoms with Gasteiger partial charge in [-0.25, -0.2) is 0 Å². The van der Waals surface area contributed by atoms with Gasteiger partial charge in [0.25, 0.3) is 0 Å². The van der Waals surface area contributed by atoms with E-state index in [9.17, 15) is 4.79 Å². The van der Waals surface area contributed by atoms with Crippen LogP contribution in [-0.4, -0.2) is 54.6 Å². The van der Waals surface area contributed by atoms with E-state index in [2.05, 4.69) is 15.3 Å². The molecular formula is C13H20N4O3. The fraction of sp³-hybridized carbons (Fsp3) is 0.615. The van der Waals surface area contributed by atoms with Crippen LogP contribution in [0.2, 0.25) is 0 Å². The molecule has 110 valence electrons. The molecule has 2 heterocycles. The number of methoxy groups -OCH3 is 2. The molecule has 7 nitrogen and oxygen atoms in total. The Hall–Kier alpha value is -2.05. The molecule has 1 aliphatic rings. The van der Waals surface area contributed by atoms with E-state index in [1.54, 1.807) is 6.07 Å². The summed E-state index contributed by atoms with van der Waals surface area (Å²) in [6.45, 7) is 1.85. The van der Waals surface area contributed by atoms with Crippen LogP contribution in [-0.2, 0) is 4.79 Å². The van der Waals surface area contributed by atoms with Crippen LogP contribution >= 0.6 is 0 Å². The molecule has 0 atom stereocenters. The minimum atomic E-state index is 0.0649. The molecule has 1 fully saturated rings. The third-order valence-corrected chi connectivity index (χ3v) is 3.20. The summed E-state index contributed by atoms with van der Waals surface area (Å²) in [6, 6.07) is 1.58. The molecule has 0 aromatic carbocycles. The molecule has 7 heteroatoms. The second kappa shape index (κ2) is 6.93. The van der Waals surface area contributed by atoms with E-state index in [-0.39, 0.29) is 12.5 Å². The van der Waals surface area contributed by atoms with Crippen molar-refractivity contribution in [1.29, 1.82) is 0 Å². The highest BCUT2D eigenvalue weighted by atomic mass is 16.5. The fourth-order valence-corrected chi connectivity index (χ4v) is 2.10. The lowest BCUT2D eigenvalue weighted by Gasteiger charge is -2.26. The van der Waals surface area contributed by atoms with Gasteiger partial charge in [0.15, 0.2) is 0 Å². The SMILES string of the molecule is COc1cc(OC)nc(NCC(=O)N2CCCCC2)n1. The summed E-state index contributed by atoms with van der Waals surface area (Å²) in [5.41, 5.74) is 0. The number of nitrogens with zero attached hydrogens (tertiary/aromatic N) is 3. The fourth-order valence-electron chi connectivity index (χ4n) is 2.10. The molecule has 0 aliphatic carbocycles. The van der Waals surface area contributed by atoms with Crippen LogP contribution < -0.4 is 14.8 Å². The van der Waals surface area contributed by atoms with Crippen molar-refractivity contribution < 1.29 is 14.3 Å². The summed E-state index contributed by atoms with van der Waals surface area (Å²) in [6.07, 6.45) is 3.36. The summed E-state index contributed by atoms with van der Waals surface area (Å²) in [5.74, 6) is 1.18. The average molecular weight is 280 g/mol. The van der Waals surface area contributed by atoms with E-state index >= 15 is 0 Å². The molecule has 0 saturated carbocycles. The molecule has 2 rings (SSSR count). The van der Waals surface area contributed by atoms with Gasteiger partial charge in [0.05, 0.1) is 26.8 Å². The van der Waals surface area contributed by atoms with Crippen molar-refractivity contribution in [2.24, 2.45) is 0 Å². The lowest BCUT2D eigenvalue weighted by Crippen LogP contribution is -2.39. The summed E-state index contributed by atoms with van der Waals surface area (Å²) >= 11 is 0. The van der Waals surface area contributed by atoms with Crippen molar-refractivity contribution in [1.82, 2.24) is 14.9 Å². The molecule has 0 spiro atoms. The number of anilines is 1. The Morgan fingerprint density at radius 1 is 1.20 bits per heavy atom. The largest absolute Gasteiger partial charge is 0.481 e. The van der Waals surface area contributed by atoms with Crippen molar-refractivity contribution in [3.8, 4) is 11.8 Å². The molecule has 1 aliphatic heterocycles. The third kappa shape index (κ3) is 3.72. The van der Waals surface area contributed by atoms with Gasteiger partial charge in [0.2, 0.25) is 23.6 Å². The van der Waals surface area contributed by atoms with Crippen LogP contribution in [0.25, 0.3) is 0 Å². The Labute approximate surface area is 118 Å².